The third-order valence-electron chi connectivity index (χ3n) is 8.10. The lowest BCUT2D eigenvalue weighted by atomic mass is 10.0. The van der Waals surface area contributed by atoms with Gasteiger partial charge in [-0.25, -0.2) is 0 Å². The van der Waals surface area contributed by atoms with Crippen molar-refractivity contribution in [2.24, 2.45) is 5.92 Å². The van der Waals surface area contributed by atoms with Crippen molar-refractivity contribution in [3.63, 3.8) is 0 Å². The van der Waals surface area contributed by atoms with Crippen LogP contribution in [0.25, 0.3) is 0 Å². The van der Waals surface area contributed by atoms with Crippen LogP contribution in [0.5, 0.6) is 17.2 Å². The maximum atomic E-state index is 14.2. The molecule has 0 bridgehead atoms. The van der Waals surface area contributed by atoms with Gasteiger partial charge < -0.3 is 33.9 Å². The lowest BCUT2D eigenvalue weighted by molar-refractivity contribution is -0.0177. The maximum Gasteiger partial charge on any atom is 0.258 e. The topological polar surface area (TPSA) is 83.9 Å². The predicted octanol–water partition coefficient (Wildman–Crippen LogP) is 4.45. The van der Waals surface area contributed by atoms with E-state index in [0.717, 1.165) is 48.6 Å². The number of anilines is 1. The summed E-state index contributed by atoms with van der Waals surface area (Å²) in [6, 6.07) is 11.5. The molecular formula is C33H49N3O6. The minimum atomic E-state index is -0.364. The van der Waals surface area contributed by atoms with Crippen molar-refractivity contribution in [3.8, 4) is 17.2 Å². The SMILES string of the molecule is C[C@@H]1CCCCO[C@@H](CN(C)Cc2ccc3c(c2)OCCO3)[C@H](C)CN([C@@H](C)CO)C(=O)c2cc(N(C)C)ccc2O1. The monoisotopic (exact) mass is 583 g/mol. The Balaban J connectivity index is 1.56. The highest BCUT2D eigenvalue weighted by Gasteiger charge is 2.30. The van der Waals surface area contributed by atoms with E-state index >= 15 is 0 Å². The number of likely N-dealkylation sites (N-methyl/N-ethyl adjacent to an activating group) is 1. The molecular weight excluding hydrogens is 534 g/mol. The van der Waals surface area contributed by atoms with Gasteiger partial charge in [0, 0.05) is 51.9 Å². The fourth-order valence-corrected chi connectivity index (χ4v) is 5.52. The van der Waals surface area contributed by atoms with Crippen LogP contribution >= 0.6 is 0 Å². The van der Waals surface area contributed by atoms with E-state index in [1.54, 1.807) is 4.90 Å². The summed E-state index contributed by atoms with van der Waals surface area (Å²) >= 11 is 0. The second kappa shape index (κ2) is 14.9. The average molecular weight is 584 g/mol. The summed E-state index contributed by atoms with van der Waals surface area (Å²) in [5.74, 6) is 2.05. The van der Waals surface area contributed by atoms with E-state index in [4.69, 9.17) is 18.9 Å². The lowest BCUT2D eigenvalue weighted by Gasteiger charge is -2.36. The van der Waals surface area contributed by atoms with Crippen LogP contribution in [0, 0.1) is 5.92 Å². The number of aliphatic hydroxyl groups excluding tert-OH is 1. The third-order valence-corrected chi connectivity index (χ3v) is 8.10. The second-order valence-electron chi connectivity index (χ2n) is 12.0. The van der Waals surface area contributed by atoms with Crippen LogP contribution in [0.15, 0.2) is 36.4 Å². The van der Waals surface area contributed by atoms with E-state index in [0.29, 0.717) is 44.2 Å². The molecule has 0 aromatic heterocycles. The molecule has 0 spiro atoms. The average Bonchev–Trinajstić information content (AvgIpc) is 2.97. The molecule has 1 amide bonds. The van der Waals surface area contributed by atoms with E-state index in [9.17, 15) is 9.90 Å². The summed E-state index contributed by atoms with van der Waals surface area (Å²) in [6.45, 7) is 9.60. The Morgan fingerprint density at radius 1 is 0.976 bits per heavy atom. The number of nitrogens with zero attached hydrogens (tertiary/aromatic N) is 3. The largest absolute Gasteiger partial charge is 0.490 e. The summed E-state index contributed by atoms with van der Waals surface area (Å²) < 4.78 is 24.3. The van der Waals surface area contributed by atoms with Crippen molar-refractivity contribution in [2.45, 2.75) is 64.8 Å². The van der Waals surface area contributed by atoms with Gasteiger partial charge in [0.15, 0.2) is 11.5 Å². The lowest BCUT2D eigenvalue weighted by Crippen LogP contribution is -2.47. The summed E-state index contributed by atoms with van der Waals surface area (Å²) in [4.78, 5) is 20.2. The van der Waals surface area contributed by atoms with Crippen molar-refractivity contribution in [3.05, 3.63) is 47.5 Å². The first-order valence-electron chi connectivity index (χ1n) is 15.2. The molecule has 0 radical (unpaired) electrons. The van der Waals surface area contributed by atoms with E-state index in [2.05, 4.69) is 31.0 Å². The molecule has 4 atom stereocenters. The van der Waals surface area contributed by atoms with Crippen molar-refractivity contribution in [1.82, 2.24) is 9.80 Å². The molecule has 0 saturated heterocycles. The van der Waals surface area contributed by atoms with Gasteiger partial charge in [-0.15, -0.1) is 0 Å². The van der Waals surface area contributed by atoms with Crippen LogP contribution in [0.1, 0.15) is 56.0 Å². The van der Waals surface area contributed by atoms with Gasteiger partial charge in [-0.05, 0) is 76.1 Å². The molecule has 0 unspecified atom stereocenters. The molecule has 9 heteroatoms. The van der Waals surface area contributed by atoms with Gasteiger partial charge in [-0.3, -0.25) is 9.69 Å². The van der Waals surface area contributed by atoms with E-state index in [1.165, 1.54) is 0 Å². The number of carbonyl (C=O) groups is 1. The van der Waals surface area contributed by atoms with Gasteiger partial charge in [-0.1, -0.05) is 13.0 Å². The first kappa shape index (κ1) is 31.9. The summed E-state index contributed by atoms with van der Waals surface area (Å²) in [5.41, 5.74) is 2.58. The van der Waals surface area contributed by atoms with E-state index < -0.39 is 0 Å². The quantitative estimate of drug-likeness (QED) is 0.512. The third kappa shape index (κ3) is 8.30. The fraction of sp³-hybridized carbons (Fsp3) is 0.606. The first-order valence-corrected chi connectivity index (χ1v) is 15.2. The number of aliphatic hydroxyl groups is 1. The van der Waals surface area contributed by atoms with Crippen LogP contribution in [0.2, 0.25) is 0 Å². The van der Waals surface area contributed by atoms with Crippen molar-refractivity contribution >= 4 is 11.6 Å². The molecule has 0 saturated carbocycles. The molecule has 0 aliphatic carbocycles. The molecule has 9 nitrogen and oxygen atoms in total. The zero-order chi connectivity index (χ0) is 30.2. The number of rotatable bonds is 7. The molecule has 232 valence electrons. The van der Waals surface area contributed by atoms with Crippen molar-refractivity contribution in [2.75, 3.05) is 65.6 Å². The van der Waals surface area contributed by atoms with E-state index in [1.807, 2.05) is 57.1 Å². The molecule has 4 rings (SSSR count). The second-order valence-corrected chi connectivity index (χ2v) is 12.0. The molecule has 2 aromatic rings. The van der Waals surface area contributed by atoms with Gasteiger partial charge in [0.1, 0.15) is 19.0 Å². The Bertz CT molecular complexity index is 1170. The van der Waals surface area contributed by atoms with E-state index in [-0.39, 0.29) is 36.7 Å². The molecule has 2 aliphatic rings. The van der Waals surface area contributed by atoms with Crippen molar-refractivity contribution in [1.29, 1.82) is 0 Å². The zero-order valence-electron chi connectivity index (χ0n) is 26.2. The Labute approximate surface area is 251 Å². The van der Waals surface area contributed by atoms with Crippen LogP contribution < -0.4 is 19.1 Å². The minimum Gasteiger partial charge on any atom is -0.490 e. The molecule has 2 aromatic carbocycles. The number of hydrogen-bond acceptors (Lipinski definition) is 8. The summed E-state index contributed by atoms with van der Waals surface area (Å²) in [7, 11) is 6.01. The highest BCUT2D eigenvalue weighted by molar-refractivity contribution is 5.98. The van der Waals surface area contributed by atoms with Gasteiger partial charge in [0.25, 0.3) is 5.91 Å². The Morgan fingerprint density at radius 3 is 2.45 bits per heavy atom. The normalized spacial score (nSPS) is 22.6. The molecule has 1 N–H and O–H groups in total. The maximum absolute atomic E-state index is 14.2. The smallest absolute Gasteiger partial charge is 0.258 e. The molecule has 2 aliphatic heterocycles. The number of amides is 1. The zero-order valence-corrected chi connectivity index (χ0v) is 26.2. The first-order chi connectivity index (χ1) is 20.2. The number of fused-ring (bicyclic) bond motifs is 2. The predicted molar refractivity (Wildman–Crippen MR) is 165 cm³/mol. The fourth-order valence-electron chi connectivity index (χ4n) is 5.52. The molecule has 2 heterocycles. The Morgan fingerprint density at radius 2 is 1.71 bits per heavy atom. The number of ether oxygens (including phenoxy) is 4. The standard InChI is InChI=1S/C33H49N3O6/c1-23-19-36(24(2)22-37)33(38)28-18-27(34(4)5)11-13-29(28)42-25(3)9-7-8-14-39-32(23)21-35(6)20-26-10-12-30-31(17-26)41-16-15-40-30/h10-13,17-18,23-25,32,37H,7-9,14-16,19-22H2,1-6H3/t23-,24+,25-,32+/m1/s1. The highest BCUT2D eigenvalue weighted by atomic mass is 16.6. The van der Waals surface area contributed by atoms with Crippen LogP contribution in [0.4, 0.5) is 5.69 Å². The number of carbonyl (C=O) groups excluding carboxylic acids is 1. The van der Waals surface area contributed by atoms with Crippen LogP contribution in [-0.2, 0) is 11.3 Å². The van der Waals surface area contributed by atoms with Crippen LogP contribution in [0.3, 0.4) is 0 Å². The number of hydrogen-bond donors (Lipinski definition) is 1. The molecule has 0 fully saturated rings. The number of benzene rings is 2. The van der Waals surface area contributed by atoms with Gasteiger partial charge >= 0.3 is 0 Å². The highest BCUT2D eigenvalue weighted by Crippen LogP contribution is 2.32. The Kier molecular flexibility index (Phi) is 11.4. The van der Waals surface area contributed by atoms with Gasteiger partial charge in [-0.2, -0.15) is 0 Å². The van der Waals surface area contributed by atoms with Crippen molar-refractivity contribution < 1.29 is 28.8 Å². The van der Waals surface area contributed by atoms with Gasteiger partial charge in [0.05, 0.1) is 30.4 Å². The van der Waals surface area contributed by atoms with Gasteiger partial charge in [0.2, 0.25) is 0 Å². The molecule has 42 heavy (non-hydrogen) atoms. The summed E-state index contributed by atoms with van der Waals surface area (Å²) in [6.07, 6.45) is 2.64. The van der Waals surface area contributed by atoms with Crippen LogP contribution in [-0.4, -0.2) is 99.7 Å². The Hall–Kier alpha value is -3.01. The summed E-state index contributed by atoms with van der Waals surface area (Å²) in [5, 5.41) is 10.2. The minimum absolute atomic E-state index is 0.0222.